The SMILES string of the molecule is O=C(NC1CCN(Cc2ccccc2)CC1)C1CCN(C(=O)CCc2ccccc2)CC1. The largest absolute Gasteiger partial charge is 0.353 e. The summed E-state index contributed by atoms with van der Waals surface area (Å²) in [5, 5.41) is 3.29. The molecular weight excluding hydrogens is 398 g/mol. The second-order valence-corrected chi connectivity index (χ2v) is 9.19. The maximum Gasteiger partial charge on any atom is 0.223 e. The zero-order chi connectivity index (χ0) is 22.2. The van der Waals surface area contributed by atoms with Gasteiger partial charge in [-0.3, -0.25) is 14.5 Å². The minimum atomic E-state index is 0.0375. The molecule has 0 aliphatic carbocycles. The number of nitrogens with one attached hydrogen (secondary N) is 1. The predicted octanol–water partition coefficient (Wildman–Crippen LogP) is 3.64. The van der Waals surface area contributed by atoms with Crippen LogP contribution in [0.5, 0.6) is 0 Å². The van der Waals surface area contributed by atoms with Crippen LogP contribution in [0.25, 0.3) is 0 Å². The first-order valence-electron chi connectivity index (χ1n) is 12.1. The molecule has 5 heteroatoms. The minimum Gasteiger partial charge on any atom is -0.353 e. The number of nitrogens with zero attached hydrogens (tertiary/aromatic N) is 2. The van der Waals surface area contributed by atoms with Crippen molar-refractivity contribution in [2.75, 3.05) is 26.2 Å². The smallest absolute Gasteiger partial charge is 0.223 e. The number of piperidine rings is 2. The van der Waals surface area contributed by atoms with E-state index in [1.165, 1.54) is 11.1 Å². The zero-order valence-corrected chi connectivity index (χ0v) is 18.9. The van der Waals surface area contributed by atoms with Crippen LogP contribution < -0.4 is 5.32 Å². The van der Waals surface area contributed by atoms with Gasteiger partial charge in [-0.2, -0.15) is 0 Å². The quantitative estimate of drug-likeness (QED) is 0.725. The van der Waals surface area contributed by atoms with Crippen molar-refractivity contribution in [2.45, 2.75) is 51.1 Å². The fourth-order valence-corrected chi connectivity index (χ4v) is 4.84. The standard InChI is InChI=1S/C27H35N3O2/c31-26(12-11-22-7-3-1-4-8-22)30-19-13-24(14-20-30)27(32)28-25-15-17-29(18-16-25)21-23-9-5-2-6-10-23/h1-10,24-25H,11-21H2,(H,28,32). The second kappa shape index (κ2) is 11.3. The molecule has 0 atom stereocenters. The van der Waals surface area contributed by atoms with Gasteiger partial charge in [0.05, 0.1) is 0 Å². The number of carbonyl (C=O) groups excluding carboxylic acids is 2. The Kier molecular flexibility index (Phi) is 7.94. The van der Waals surface area contributed by atoms with Crippen LogP contribution in [-0.2, 0) is 22.6 Å². The molecule has 0 unspecified atom stereocenters. The summed E-state index contributed by atoms with van der Waals surface area (Å²) in [4.78, 5) is 29.8. The van der Waals surface area contributed by atoms with E-state index in [-0.39, 0.29) is 23.8 Å². The van der Waals surface area contributed by atoms with Crippen LogP contribution in [0.1, 0.15) is 43.2 Å². The fraction of sp³-hybridized carbons (Fsp3) is 0.481. The van der Waals surface area contributed by atoms with Gasteiger partial charge < -0.3 is 10.2 Å². The lowest BCUT2D eigenvalue weighted by atomic mass is 9.94. The highest BCUT2D eigenvalue weighted by atomic mass is 16.2. The molecule has 4 rings (SSSR count). The lowest BCUT2D eigenvalue weighted by Crippen LogP contribution is -2.48. The van der Waals surface area contributed by atoms with Gasteiger partial charge in [-0.15, -0.1) is 0 Å². The van der Waals surface area contributed by atoms with Crippen molar-refractivity contribution in [3.05, 3.63) is 71.8 Å². The molecule has 0 radical (unpaired) electrons. The molecule has 2 aliphatic rings. The van der Waals surface area contributed by atoms with Crippen LogP contribution in [0.4, 0.5) is 0 Å². The number of benzene rings is 2. The van der Waals surface area contributed by atoms with E-state index < -0.39 is 0 Å². The third-order valence-corrected chi connectivity index (χ3v) is 6.87. The molecule has 0 bridgehead atoms. The first kappa shape index (κ1) is 22.5. The Labute approximate surface area is 191 Å². The van der Waals surface area contributed by atoms with Gasteiger partial charge in [-0.25, -0.2) is 0 Å². The third kappa shape index (κ3) is 6.42. The molecule has 1 N–H and O–H groups in total. The van der Waals surface area contributed by atoms with E-state index in [9.17, 15) is 9.59 Å². The fourth-order valence-electron chi connectivity index (χ4n) is 4.84. The van der Waals surface area contributed by atoms with Gasteiger partial charge >= 0.3 is 0 Å². The summed E-state index contributed by atoms with van der Waals surface area (Å²) in [7, 11) is 0. The summed E-state index contributed by atoms with van der Waals surface area (Å²) in [6.45, 7) is 4.42. The number of hydrogen-bond acceptors (Lipinski definition) is 3. The van der Waals surface area contributed by atoms with Crippen LogP contribution in [0.15, 0.2) is 60.7 Å². The summed E-state index contributed by atoms with van der Waals surface area (Å²) in [6.07, 6.45) is 4.89. The first-order chi connectivity index (χ1) is 15.7. The Bertz CT molecular complexity index is 855. The molecule has 2 aliphatic heterocycles. The van der Waals surface area contributed by atoms with Gasteiger partial charge in [-0.05, 0) is 43.2 Å². The number of likely N-dealkylation sites (tertiary alicyclic amines) is 2. The first-order valence-corrected chi connectivity index (χ1v) is 12.1. The molecule has 5 nitrogen and oxygen atoms in total. The van der Waals surface area contributed by atoms with E-state index in [0.29, 0.717) is 19.5 Å². The van der Waals surface area contributed by atoms with Gasteiger partial charge in [0.15, 0.2) is 0 Å². The summed E-state index contributed by atoms with van der Waals surface area (Å²) in [5.74, 6) is 0.428. The van der Waals surface area contributed by atoms with Crippen molar-refractivity contribution in [2.24, 2.45) is 5.92 Å². The van der Waals surface area contributed by atoms with E-state index in [1.54, 1.807) is 0 Å². The number of amides is 2. The van der Waals surface area contributed by atoms with Crippen LogP contribution in [-0.4, -0.2) is 53.8 Å². The van der Waals surface area contributed by atoms with Gasteiger partial charge in [0.25, 0.3) is 0 Å². The molecule has 2 saturated heterocycles. The van der Waals surface area contributed by atoms with E-state index >= 15 is 0 Å². The topological polar surface area (TPSA) is 52.7 Å². The molecule has 2 aromatic rings. The Morgan fingerprint density at radius 3 is 2.00 bits per heavy atom. The average Bonchev–Trinajstić information content (AvgIpc) is 2.85. The third-order valence-electron chi connectivity index (χ3n) is 6.87. The summed E-state index contributed by atoms with van der Waals surface area (Å²) >= 11 is 0. The number of rotatable bonds is 7. The summed E-state index contributed by atoms with van der Waals surface area (Å²) in [6, 6.07) is 21.0. The summed E-state index contributed by atoms with van der Waals surface area (Å²) in [5.41, 5.74) is 2.55. The lowest BCUT2D eigenvalue weighted by molar-refractivity contribution is -0.135. The van der Waals surface area contributed by atoms with Gasteiger partial charge in [0, 0.05) is 51.1 Å². The zero-order valence-electron chi connectivity index (χ0n) is 18.9. The Morgan fingerprint density at radius 1 is 0.781 bits per heavy atom. The highest BCUT2D eigenvalue weighted by Gasteiger charge is 2.29. The molecule has 32 heavy (non-hydrogen) atoms. The second-order valence-electron chi connectivity index (χ2n) is 9.19. The van der Waals surface area contributed by atoms with Crippen LogP contribution in [0, 0.1) is 5.92 Å². The number of aryl methyl sites for hydroxylation is 1. The number of hydrogen-bond donors (Lipinski definition) is 1. The van der Waals surface area contributed by atoms with Crippen molar-refractivity contribution in [1.82, 2.24) is 15.1 Å². The van der Waals surface area contributed by atoms with Gasteiger partial charge in [0.2, 0.25) is 11.8 Å². The van der Waals surface area contributed by atoms with Gasteiger partial charge in [-0.1, -0.05) is 60.7 Å². The predicted molar refractivity (Wildman–Crippen MR) is 127 cm³/mol. The van der Waals surface area contributed by atoms with E-state index in [1.807, 2.05) is 23.1 Å². The molecule has 2 aromatic carbocycles. The van der Waals surface area contributed by atoms with Crippen LogP contribution in [0.2, 0.25) is 0 Å². The minimum absolute atomic E-state index is 0.0375. The number of carbonyl (C=O) groups is 2. The Hall–Kier alpha value is -2.66. The molecule has 2 amide bonds. The molecular formula is C27H35N3O2. The molecule has 2 fully saturated rings. The maximum absolute atomic E-state index is 12.8. The Balaban J connectivity index is 1.14. The Morgan fingerprint density at radius 2 is 1.38 bits per heavy atom. The average molecular weight is 434 g/mol. The highest BCUT2D eigenvalue weighted by molar-refractivity contribution is 5.80. The summed E-state index contributed by atoms with van der Waals surface area (Å²) < 4.78 is 0. The highest BCUT2D eigenvalue weighted by Crippen LogP contribution is 2.20. The molecule has 0 spiro atoms. The van der Waals surface area contributed by atoms with Gasteiger partial charge in [0.1, 0.15) is 0 Å². The molecule has 2 heterocycles. The molecule has 170 valence electrons. The molecule has 0 aromatic heterocycles. The van der Waals surface area contributed by atoms with Crippen molar-refractivity contribution in [3.8, 4) is 0 Å². The monoisotopic (exact) mass is 433 g/mol. The lowest BCUT2D eigenvalue weighted by Gasteiger charge is -2.35. The van der Waals surface area contributed by atoms with E-state index in [4.69, 9.17) is 0 Å². The molecule has 0 saturated carbocycles. The van der Waals surface area contributed by atoms with Crippen LogP contribution in [0.3, 0.4) is 0 Å². The van der Waals surface area contributed by atoms with Crippen molar-refractivity contribution in [3.63, 3.8) is 0 Å². The van der Waals surface area contributed by atoms with E-state index in [2.05, 4.69) is 52.7 Å². The van der Waals surface area contributed by atoms with Crippen molar-refractivity contribution < 1.29 is 9.59 Å². The normalized spacial score (nSPS) is 18.4. The van der Waals surface area contributed by atoms with Crippen LogP contribution >= 0.6 is 0 Å². The van der Waals surface area contributed by atoms with Crippen molar-refractivity contribution in [1.29, 1.82) is 0 Å². The van der Waals surface area contributed by atoms with Crippen molar-refractivity contribution >= 4 is 11.8 Å². The maximum atomic E-state index is 12.8. The van der Waals surface area contributed by atoms with E-state index in [0.717, 1.165) is 51.7 Å².